The van der Waals surface area contributed by atoms with Crippen molar-refractivity contribution < 1.29 is 4.79 Å². The molecule has 4 heteroatoms. The summed E-state index contributed by atoms with van der Waals surface area (Å²) in [5.74, 6) is 0.0213. The topological polar surface area (TPSA) is 46.3 Å². The fraction of sp³-hybridized carbons (Fsp3) is 0.364. The van der Waals surface area contributed by atoms with Gasteiger partial charge in [0.15, 0.2) is 0 Å². The summed E-state index contributed by atoms with van der Waals surface area (Å²) in [6.07, 6.45) is 0. The second-order valence-corrected chi connectivity index (χ2v) is 4.17. The number of rotatable bonds is 3. The molecule has 0 radical (unpaired) electrons. The average Bonchev–Trinajstić information content (AvgIpc) is 2.18. The molecule has 1 amide bonds. The lowest BCUT2D eigenvalue weighted by Crippen LogP contribution is -2.30. The molecule has 0 unspecified atom stereocenters. The zero-order chi connectivity index (χ0) is 11.4. The van der Waals surface area contributed by atoms with Gasteiger partial charge in [0, 0.05) is 28.8 Å². The summed E-state index contributed by atoms with van der Waals surface area (Å²) >= 11 is 3.32. The van der Waals surface area contributed by atoms with Crippen LogP contribution in [-0.2, 0) is 0 Å². The van der Waals surface area contributed by atoms with Gasteiger partial charge in [-0.15, -0.1) is 0 Å². The lowest BCUT2D eigenvalue weighted by molar-refractivity contribution is 0.0773. The summed E-state index contributed by atoms with van der Waals surface area (Å²) in [6, 6.07) is 5.27. The van der Waals surface area contributed by atoms with Crippen molar-refractivity contribution in [2.24, 2.45) is 0 Å². The van der Waals surface area contributed by atoms with Crippen LogP contribution in [0, 0.1) is 0 Å². The Morgan fingerprint density at radius 3 is 2.40 bits per heavy atom. The van der Waals surface area contributed by atoms with Gasteiger partial charge in [-0.1, -0.05) is 15.9 Å². The molecule has 0 fully saturated rings. The fourth-order valence-corrected chi connectivity index (χ4v) is 1.94. The Morgan fingerprint density at radius 1 is 1.33 bits per heavy atom. The number of nitrogen functional groups attached to an aromatic ring is 1. The summed E-state index contributed by atoms with van der Waals surface area (Å²) in [7, 11) is 0. The fourth-order valence-electron chi connectivity index (χ4n) is 1.43. The molecule has 0 atom stereocenters. The van der Waals surface area contributed by atoms with E-state index in [0.717, 1.165) is 4.47 Å². The van der Waals surface area contributed by atoms with E-state index in [-0.39, 0.29) is 5.91 Å². The highest BCUT2D eigenvalue weighted by atomic mass is 79.9. The number of benzene rings is 1. The summed E-state index contributed by atoms with van der Waals surface area (Å²) in [4.78, 5) is 13.7. The minimum atomic E-state index is 0.0213. The molecule has 0 aliphatic rings. The Hall–Kier alpha value is -1.03. The highest BCUT2D eigenvalue weighted by Gasteiger charge is 2.12. The molecule has 0 spiro atoms. The van der Waals surface area contributed by atoms with Gasteiger partial charge in [0.25, 0.3) is 5.91 Å². The number of amides is 1. The van der Waals surface area contributed by atoms with Crippen molar-refractivity contribution in [2.45, 2.75) is 13.8 Å². The van der Waals surface area contributed by atoms with E-state index in [2.05, 4.69) is 15.9 Å². The highest BCUT2D eigenvalue weighted by molar-refractivity contribution is 9.10. The number of halogens is 1. The first-order valence-electron chi connectivity index (χ1n) is 4.93. The Balaban J connectivity index is 3.00. The molecule has 0 aromatic heterocycles. The van der Waals surface area contributed by atoms with Crippen molar-refractivity contribution in [3.63, 3.8) is 0 Å². The molecule has 1 aromatic carbocycles. The predicted octanol–water partition coefficient (Wildman–Crippen LogP) is 2.51. The number of carbonyl (C=O) groups is 1. The second kappa shape index (κ2) is 5.16. The van der Waals surface area contributed by atoms with Crippen molar-refractivity contribution >= 4 is 27.5 Å². The van der Waals surface area contributed by atoms with Crippen molar-refractivity contribution in [3.8, 4) is 0 Å². The molecular weight excluding hydrogens is 256 g/mol. The molecule has 0 aliphatic carbocycles. The molecule has 0 aliphatic heterocycles. The molecule has 0 bridgehead atoms. The van der Waals surface area contributed by atoms with Gasteiger partial charge in [-0.3, -0.25) is 4.79 Å². The van der Waals surface area contributed by atoms with Gasteiger partial charge in [-0.2, -0.15) is 0 Å². The van der Waals surface area contributed by atoms with Gasteiger partial charge < -0.3 is 10.6 Å². The Labute approximate surface area is 98.4 Å². The van der Waals surface area contributed by atoms with Gasteiger partial charge >= 0.3 is 0 Å². The van der Waals surface area contributed by atoms with Gasteiger partial charge in [-0.25, -0.2) is 0 Å². The van der Waals surface area contributed by atoms with Crippen LogP contribution in [0.15, 0.2) is 22.7 Å². The van der Waals surface area contributed by atoms with Crippen molar-refractivity contribution in [2.75, 3.05) is 18.8 Å². The molecule has 1 aromatic rings. The maximum atomic E-state index is 12.0. The largest absolute Gasteiger partial charge is 0.399 e. The van der Waals surface area contributed by atoms with E-state index in [1.807, 2.05) is 13.8 Å². The first-order valence-corrected chi connectivity index (χ1v) is 5.73. The average molecular weight is 271 g/mol. The predicted molar refractivity (Wildman–Crippen MR) is 65.8 cm³/mol. The maximum absolute atomic E-state index is 12.0. The van der Waals surface area contributed by atoms with Crippen LogP contribution in [0.25, 0.3) is 0 Å². The maximum Gasteiger partial charge on any atom is 0.253 e. The lowest BCUT2D eigenvalue weighted by Gasteiger charge is -2.18. The quantitative estimate of drug-likeness (QED) is 0.858. The zero-order valence-electron chi connectivity index (χ0n) is 8.96. The van der Waals surface area contributed by atoms with E-state index in [9.17, 15) is 4.79 Å². The van der Waals surface area contributed by atoms with Gasteiger partial charge in [-0.05, 0) is 32.0 Å². The van der Waals surface area contributed by atoms with Gasteiger partial charge in [0.1, 0.15) is 0 Å². The number of nitrogens with two attached hydrogens (primary N) is 1. The molecule has 2 N–H and O–H groups in total. The molecule has 0 saturated heterocycles. The van der Waals surface area contributed by atoms with Crippen LogP contribution in [0.5, 0.6) is 0 Å². The second-order valence-electron chi connectivity index (χ2n) is 3.25. The molecule has 15 heavy (non-hydrogen) atoms. The Bertz CT molecular complexity index is 341. The van der Waals surface area contributed by atoms with Crippen LogP contribution in [0.1, 0.15) is 24.2 Å². The van der Waals surface area contributed by atoms with E-state index >= 15 is 0 Å². The highest BCUT2D eigenvalue weighted by Crippen LogP contribution is 2.18. The summed E-state index contributed by atoms with van der Waals surface area (Å²) in [6.45, 7) is 5.34. The smallest absolute Gasteiger partial charge is 0.253 e. The summed E-state index contributed by atoms with van der Waals surface area (Å²) in [5.41, 5.74) is 6.91. The van der Waals surface area contributed by atoms with Crippen molar-refractivity contribution in [1.29, 1.82) is 0 Å². The third-order valence-corrected chi connectivity index (χ3v) is 2.68. The van der Waals surface area contributed by atoms with Crippen LogP contribution >= 0.6 is 15.9 Å². The molecule has 82 valence electrons. The third kappa shape index (κ3) is 2.96. The number of hydrogen-bond donors (Lipinski definition) is 1. The Kier molecular flexibility index (Phi) is 4.15. The summed E-state index contributed by atoms with van der Waals surface area (Å²) in [5, 5.41) is 0. The van der Waals surface area contributed by atoms with Crippen LogP contribution in [-0.4, -0.2) is 23.9 Å². The molecule has 0 heterocycles. The van der Waals surface area contributed by atoms with E-state index in [4.69, 9.17) is 5.73 Å². The monoisotopic (exact) mass is 270 g/mol. The van der Waals surface area contributed by atoms with Crippen LogP contribution in [0.4, 0.5) is 5.69 Å². The minimum Gasteiger partial charge on any atom is -0.399 e. The first-order chi connectivity index (χ1) is 7.08. The standard InChI is InChI=1S/C11H15BrN2O/c1-3-14(4-2)11(15)8-5-9(12)7-10(13)6-8/h5-7H,3-4,13H2,1-2H3. The van der Waals surface area contributed by atoms with Crippen LogP contribution in [0.2, 0.25) is 0 Å². The van der Waals surface area contributed by atoms with E-state index in [0.29, 0.717) is 24.3 Å². The van der Waals surface area contributed by atoms with E-state index in [1.54, 1.807) is 23.1 Å². The van der Waals surface area contributed by atoms with Crippen molar-refractivity contribution in [1.82, 2.24) is 4.90 Å². The van der Waals surface area contributed by atoms with Gasteiger partial charge in [0.2, 0.25) is 0 Å². The number of carbonyl (C=O) groups excluding carboxylic acids is 1. The molecule has 3 nitrogen and oxygen atoms in total. The molecule has 1 rings (SSSR count). The minimum absolute atomic E-state index is 0.0213. The number of anilines is 1. The van der Waals surface area contributed by atoms with Gasteiger partial charge in [0.05, 0.1) is 0 Å². The zero-order valence-corrected chi connectivity index (χ0v) is 10.5. The first kappa shape index (κ1) is 12.0. The molecular formula is C11H15BrN2O. The normalized spacial score (nSPS) is 10.1. The molecule has 0 saturated carbocycles. The number of nitrogens with zero attached hydrogens (tertiary/aromatic N) is 1. The third-order valence-electron chi connectivity index (χ3n) is 2.22. The van der Waals surface area contributed by atoms with E-state index in [1.165, 1.54) is 0 Å². The van der Waals surface area contributed by atoms with E-state index < -0.39 is 0 Å². The number of hydrogen-bond acceptors (Lipinski definition) is 2. The van der Waals surface area contributed by atoms with Crippen LogP contribution in [0.3, 0.4) is 0 Å². The van der Waals surface area contributed by atoms with Crippen molar-refractivity contribution in [3.05, 3.63) is 28.2 Å². The summed E-state index contributed by atoms with van der Waals surface area (Å²) < 4.78 is 0.831. The van der Waals surface area contributed by atoms with Crippen LogP contribution < -0.4 is 5.73 Å². The Morgan fingerprint density at radius 2 is 1.93 bits per heavy atom. The SMILES string of the molecule is CCN(CC)C(=O)c1cc(N)cc(Br)c1. The lowest BCUT2D eigenvalue weighted by atomic mass is 10.2.